The highest BCUT2D eigenvalue weighted by Gasteiger charge is 2.19. The van der Waals surface area contributed by atoms with Crippen molar-refractivity contribution >= 4 is 0 Å². The third kappa shape index (κ3) is 3.80. The zero-order valence-corrected chi connectivity index (χ0v) is 11.5. The van der Waals surface area contributed by atoms with E-state index >= 15 is 0 Å². The number of ether oxygens (including phenoxy) is 1. The van der Waals surface area contributed by atoms with E-state index in [1.165, 1.54) is 30.5 Å². The third-order valence-corrected chi connectivity index (χ3v) is 3.61. The minimum Gasteiger partial charge on any atom is -0.380 e. The minimum absolute atomic E-state index is 0.419. The van der Waals surface area contributed by atoms with Gasteiger partial charge in [-0.2, -0.15) is 0 Å². The molecule has 1 fully saturated rings. The molecule has 1 heterocycles. The molecule has 3 heteroatoms. The van der Waals surface area contributed by atoms with Crippen molar-refractivity contribution in [2.24, 2.45) is 0 Å². The average molecular weight is 248 g/mol. The predicted molar refractivity (Wildman–Crippen MR) is 74.5 cm³/mol. The molecule has 0 spiro atoms. The summed E-state index contributed by atoms with van der Waals surface area (Å²) in [7, 11) is 3.80. The van der Waals surface area contributed by atoms with Crippen molar-refractivity contribution in [1.29, 1.82) is 0 Å². The number of piperidine rings is 1. The van der Waals surface area contributed by atoms with Crippen LogP contribution in [0.15, 0.2) is 24.3 Å². The first-order valence-electron chi connectivity index (χ1n) is 6.79. The van der Waals surface area contributed by atoms with Gasteiger partial charge in [0.1, 0.15) is 0 Å². The second-order valence-electron chi connectivity index (χ2n) is 5.08. The van der Waals surface area contributed by atoms with Gasteiger partial charge in [-0.05, 0) is 37.6 Å². The normalized spacial score (nSPS) is 21.1. The number of hydrogen-bond donors (Lipinski definition) is 1. The van der Waals surface area contributed by atoms with Crippen molar-refractivity contribution in [3.05, 3.63) is 35.4 Å². The molecular weight excluding hydrogens is 224 g/mol. The molecule has 0 amide bonds. The van der Waals surface area contributed by atoms with Gasteiger partial charge in [0.2, 0.25) is 0 Å². The van der Waals surface area contributed by atoms with Crippen LogP contribution in [0.5, 0.6) is 0 Å². The monoisotopic (exact) mass is 248 g/mol. The van der Waals surface area contributed by atoms with Gasteiger partial charge in [-0.25, -0.2) is 0 Å². The van der Waals surface area contributed by atoms with Crippen LogP contribution in [0.1, 0.15) is 24.0 Å². The molecule has 1 N–H and O–H groups in total. The zero-order valence-electron chi connectivity index (χ0n) is 11.5. The standard InChI is InChI=1S/C15H24N2O/c1-16-10-13-5-7-14(8-6-13)11-17-9-3-4-15(12-17)18-2/h5-8,15-16H,3-4,9-12H2,1-2H3/t15-/m1/s1. The van der Waals surface area contributed by atoms with Gasteiger partial charge in [0.15, 0.2) is 0 Å². The van der Waals surface area contributed by atoms with Crippen molar-refractivity contribution < 1.29 is 4.74 Å². The molecule has 0 aliphatic carbocycles. The van der Waals surface area contributed by atoms with Crippen LogP contribution in [0.4, 0.5) is 0 Å². The average Bonchev–Trinajstić information content (AvgIpc) is 2.42. The molecule has 0 bridgehead atoms. The highest BCUT2D eigenvalue weighted by molar-refractivity contribution is 5.22. The van der Waals surface area contributed by atoms with Crippen LogP contribution in [0.25, 0.3) is 0 Å². The molecule has 100 valence electrons. The highest BCUT2D eigenvalue weighted by Crippen LogP contribution is 2.15. The molecule has 0 aromatic heterocycles. The summed E-state index contributed by atoms with van der Waals surface area (Å²) in [6.07, 6.45) is 2.87. The Hall–Kier alpha value is -0.900. The first-order valence-corrected chi connectivity index (χ1v) is 6.79. The fourth-order valence-electron chi connectivity index (χ4n) is 2.57. The van der Waals surface area contributed by atoms with E-state index in [1.807, 2.05) is 14.2 Å². The quantitative estimate of drug-likeness (QED) is 0.863. The van der Waals surface area contributed by atoms with E-state index in [1.54, 1.807) is 0 Å². The molecule has 18 heavy (non-hydrogen) atoms. The fraction of sp³-hybridized carbons (Fsp3) is 0.600. The first kappa shape index (κ1) is 13.5. The van der Waals surface area contributed by atoms with Gasteiger partial charge in [0.05, 0.1) is 6.10 Å². The second-order valence-corrected chi connectivity index (χ2v) is 5.08. The SMILES string of the molecule is CNCc1ccc(CN2CCC[C@@H](OC)C2)cc1. The van der Waals surface area contributed by atoms with E-state index in [9.17, 15) is 0 Å². The smallest absolute Gasteiger partial charge is 0.0698 e. The number of likely N-dealkylation sites (tertiary alicyclic amines) is 1. The van der Waals surface area contributed by atoms with E-state index in [-0.39, 0.29) is 0 Å². The van der Waals surface area contributed by atoms with Crippen molar-refractivity contribution in [2.75, 3.05) is 27.2 Å². The largest absolute Gasteiger partial charge is 0.380 e. The molecule has 1 aromatic rings. The van der Waals surface area contributed by atoms with Crippen molar-refractivity contribution in [2.45, 2.75) is 32.0 Å². The lowest BCUT2D eigenvalue weighted by Crippen LogP contribution is -2.38. The molecule has 1 atom stereocenters. The number of rotatable bonds is 5. The van der Waals surface area contributed by atoms with E-state index in [0.717, 1.165) is 19.6 Å². The van der Waals surface area contributed by atoms with Crippen LogP contribution >= 0.6 is 0 Å². The maximum Gasteiger partial charge on any atom is 0.0698 e. The van der Waals surface area contributed by atoms with Gasteiger partial charge < -0.3 is 10.1 Å². The summed E-state index contributed by atoms with van der Waals surface area (Å²) in [4.78, 5) is 2.49. The van der Waals surface area contributed by atoms with Crippen LogP contribution in [0.2, 0.25) is 0 Å². The van der Waals surface area contributed by atoms with E-state index < -0.39 is 0 Å². The molecule has 1 aromatic carbocycles. The number of nitrogens with one attached hydrogen (secondary N) is 1. The van der Waals surface area contributed by atoms with Crippen LogP contribution in [0.3, 0.4) is 0 Å². The summed E-state index contributed by atoms with van der Waals surface area (Å²) in [6, 6.07) is 8.90. The summed E-state index contributed by atoms with van der Waals surface area (Å²) >= 11 is 0. The topological polar surface area (TPSA) is 24.5 Å². The molecule has 1 aliphatic rings. The molecule has 2 rings (SSSR count). The van der Waals surface area contributed by atoms with Gasteiger partial charge in [-0.15, -0.1) is 0 Å². The van der Waals surface area contributed by atoms with Crippen LogP contribution in [0, 0.1) is 0 Å². The maximum absolute atomic E-state index is 5.46. The lowest BCUT2D eigenvalue weighted by Gasteiger charge is -2.31. The Balaban J connectivity index is 1.88. The lowest BCUT2D eigenvalue weighted by atomic mass is 10.1. The van der Waals surface area contributed by atoms with Gasteiger partial charge in [-0.3, -0.25) is 4.90 Å². The summed E-state index contributed by atoms with van der Waals surface area (Å²) in [5, 5.41) is 3.17. The lowest BCUT2D eigenvalue weighted by molar-refractivity contribution is 0.0285. The maximum atomic E-state index is 5.46. The Morgan fingerprint density at radius 2 is 2.00 bits per heavy atom. The van der Waals surface area contributed by atoms with Crippen molar-refractivity contribution in [3.8, 4) is 0 Å². The Morgan fingerprint density at radius 3 is 2.67 bits per heavy atom. The molecule has 0 unspecified atom stereocenters. The van der Waals surface area contributed by atoms with E-state index in [2.05, 4.69) is 34.5 Å². The number of nitrogens with zero attached hydrogens (tertiary/aromatic N) is 1. The number of benzene rings is 1. The van der Waals surface area contributed by atoms with Gasteiger partial charge in [0, 0.05) is 26.7 Å². The van der Waals surface area contributed by atoms with Gasteiger partial charge in [-0.1, -0.05) is 24.3 Å². The first-order chi connectivity index (χ1) is 8.81. The summed E-state index contributed by atoms with van der Waals surface area (Å²) in [5.74, 6) is 0. The molecule has 0 saturated carbocycles. The predicted octanol–water partition coefficient (Wildman–Crippen LogP) is 2.02. The fourth-order valence-corrected chi connectivity index (χ4v) is 2.57. The Labute approximate surface area is 110 Å². The molecule has 3 nitrogen and oxygen atoms in total. The number of hydrogen-bond acceptors (Lipinski definition) is 3. The van der Waals surface area contributed by atoms with Crippen LogP contribution in [-0.2, 0) is 17.8 Å². The molecular formula is C15H24N2O. The van der Waals surface area contributed by atoms with Crippen molar-refractivity contribution in [1.82, 2.24) is 10.2 Å². The van der Waals surface area contributed by atoms with Crippen molar-refractivity contribution in [3.63, 3.8) is 0 Å². The van der Waals surface area contributed by atoms with E-state index in [0.29, 0.717) is 6.10 Å². The zero-order chi connectivity index (χ0) is 12.8. The van der Waals surface area contributed by atoms with Gasteiger partial charge >= 0.3 is 0 Å². The number of methoxy groups -OCH3 is 1. The van der Waals surface area contributed by atoms with Gasteiger partial charge in [0.25, 0.3) is 0 Å². The molecule has 1 aliphatic heterocycles. The summed E-state index contributed by atoms with van der Waals surface area (Å²) < 4.78 is 5.46. The Kier molecular flexibility index (Phi) is 5.17. The van der Waals surface area contributed by atoms with E-state index in [4.69, 9.17) is 4.74 Å². The highest BCUT2D eigenvalue weighted by atomic mass is 16.5. The molecule has 1 saturated heterocycles. The minimum atomic E-state index is 0.419. The van der Waals surface area contributed by atoms with Crippen LogP contribution in [-0.4, -0.2) is 38.3 Å². The summed E-state index contributed by atoms with van der Waals surface area (Å²) in [6.45, 7) is 4.24. The molecule has 0 radical (unpaired) electrons. The van der Waals surface area contributed by atoms with Crippen LogP contribution < -0.4 is 5.32 Å². The Morgan fingerprint density at radius 1 is 1.28 bits per heavy atom. The summed E-state index contributed by atoms with van der Waals surface area (Å²) in [5.41, 5.74) is 2.74. The third-order valence-electron chi connectivity index (χ3n) is 3.61. The Bertz CT molecular complexity index is 350. The second kappa shape index (κ2) is 6.88.